The average Bonchev–Trinajstić information content (AvgIpc) is 0.898. The van der Waals surface area contributed by atoms with Crippen molar-refractivity contribution in [2.24, 2.45) is 0 Å². The summed E-state index contributed by atoms with van der Waals surface area (Å²) in [6.07, 6.45) is 111. The number of allylic oxidation sites excluding steroid dienone is 45. The number of carbonyl (C=O) groups excluding carboxylic acids is 4. The lowest BCUT2D eigenvalue weighted by atomic mass is 10.2. The van der Waals surface area contributed by atoms with Crippen molar-refractivity contribution in [2.45, 2.75) is 239 Å². The maximum atomic E-state index is 13.1. The molecule has 0 aromatic heterocycles. The molecule has 0 aliphatic carbocycles. The van der Waals surface area contributed by atoms with Gasteiger partial charge in [0, 0.05) is 19.3 Å². The van der Waals surface area contributed by atoms with Gasteiger partial charge in [-0.2, -0.15) is 0 Å². The number of rotatable bonds is 71. The van der Waals surface area contributed by atoms with Gasteiger partial charge < -0.3 is 33.8 Å². The van der Waals surface area contributed by atoms with E-state index in [1.54, 1.807) is 12.2 Å². The number of phosphoric ester groups is 2. The first-order valence-electron chi connectivity index (χ1n) is 40.2. The van der Waals surface area contributed by atoms with E-state index in [0.29, 0.717) is 44.9 Å². The third kappa shape index (κ3) is 80.1. The average molecular weight is 1590 g/mol. The van der Waals surface area contributed by atoms with E-state index in [2.05, 4.69) is 228 Å². The van der Waals surface area contributed by atoms with Crippen LogP contribution in [-0.4, -0.2) is 96.7 Å². The fourth-order valence-electron chi connectivity index (χ4n) is 9.02. The molecular formula is C93H136O17P2. The summed E-state index contributed by atoms with van der Waals surface area (Å²) in [5, 5.41) is 10.6. The Morgan fingerprint density at radius 2 is 0.438 bits per heavy atom. The topological polar surface area (TPSA) is 237 Å². The predicted octanol–water partition coefficient (Wildman–Crippen LogP) is 24.1. The lowest BCUT2D eigenvalue weighted by molar-refractivity contribution is -0.161. The molecule has 0 aromatic rings. The van der Waals surface area contributed by atoms with Crippen LogP contribution in [0, 0.1) is 0 Å². The summed E-state index contributed by atoms with van der Waals surface area (Å²) in [5.74, 6) is -2.67. The number of carbonyl (C=O) groups is 4. The number of ether oxygens (including phenoxy) is 4. The lowest BCUT2D eigenvalue weighted by Crippen LogP contribution is -2.30. The molecule has 0 heterocycles. The van der Waals surface area contributed by atoms with Crippen molar-refractivity contribution in [1.29, 1.82) is 0 Å². The van der Waals surface area contributed by atoms with Crippen LogP contribution in [0.3, 0.4) is 0 Å². The van der Waals surface area contributed by atoms with Gasteiger partial charge in [0.05, 0.1) is 32.8 Å². The van der Waals surface area contributed by atoms with Crippen molar-refractivity contribution in [3.8, 4) is 0 Å². The maximum absolute atomic E-state index is 13.1. The Labute approximate surface area is 673 Å². The van der Waals surface area contributed by atoms with Gasteiger partial charge in [-0.25, -0.2) is 9.13 Å². The van der Waals surface area contributed by atoms with E-state index in [-0.39, 0.29) is 25.7 Å². The molecule has 0 aromatic carbocycles. The molecule has 0 amide bonds. The first-order chi connectivity index (χ1) is 54.7. The van der Waals surface area contributed by atoms with Gasteiger partial charge in [-0.3, -0.25) is 37.3 Å². The molecule has 112 heavy (non-hydrogen) atoms. The van der Waals surface area contributed by atoms with Crippen molar-refractivity contribution in [1.82, 2.24) is 0 Å². The van der Waals surface area contributed by atoms with Crippen LogP contribution < -0.4 is 0 Å². The minimum absolute atomic E-state index is 0.000283. The van der Waals surface area contributed by atoms with Crippen LogP contribution in [0.4, 0.5) is 0 Å². The first-order valence-corrected chi connectivity index (χ1v) is 43.2. The highest BCUT2D eigenvalue weighted by molar-refractivity contribution is 7.47. The molecule has 19 heteroatoms. The van der Waals surface area contributed by atoms with Gasteiger partial charge in [0.15, 0.2) is 12.2 Å². The standard InChI is InChI=1S/C93H136O17P2/c1-5-9-13-17-21-25-29-33-37-40-43-46-50-53-57-61-65-69-73-77-90(95)103-83-88(109-92(97)79-75-71-67-63-59-55-49-36-32-28-24-20-16-12-8-4)85-107-111(99,100)105-81-87(94)82-106-112(101,102)108-86-89(110-93(98)80-76-72-68-64-60-56-52-48-45-42-39-35-31-27-23-19-15-11-7-3)84-104-91(96)78-74-70-66-62-58-54-51-47-44-41-38-34-30-26-22-18-14-10-6-2/h9-16,21-28,33-39,43-49,53-54,56-60,63,65-66,68-72,75,87-89,94H,5-8,17-20,29-32,40-42,50-52,55,61-62,64,67,73-74,76-86H2,1-4H3,(H,99,100)(H,101,102)/b13-9-,14-10-,15-11-,16-12-,25-21-,26-22-,27-23-,28-24-,37-33-,38-34-,39-35-,46-43-,47-44-,48-45-,49-36-,57-53-,58-54-,60-56-,63-59-,69-65-,70-66-,72-68-,75-71-. The summed E-state index contributed by atoms with van der Waals surface area (Å²) >= 11 is 0. The molecule has 0 rings (SSSR count). The van der Waals surface area contributed by atoms with E-state index in [0.717, 1.165) is 122 Å². The molecule has 17 nitrogen and oxygen atoms in total. The van der Waals surface area contributed by atoms with Gasteiger partial charge in [0.2, 0.25) is 0 Å². The van der Waals surface area contributed by atoms with Gasteiger partial charge in [-0.1, -0.05) is 307 Å². The van der Waals surface area contributed by atoms with Gasteiger partial charge in [-0.05, 0) is 167 Å². The monoisotopic (exact) mass is 1590 g/mol. The molecule has 620 valence electrons. The number of hydrogen-bond donors (Lipinski definition) is 3. The van der Waals surface area contributed by atoms with E-state index < -0.39 is 97.5 Å². The molecule has 3 N–H and O–H groups in total. The number of aliphatic hydroxyl groups is 1. The summed E-state index contributed by atoms with van der Waals surface area (Å²) in [6.45, 7) is 3.96. The second-order valence-electron chi connectivity index (χ2n) is 25.1. The van der Waals surface area contributed by atoms with E-state index in [1.807, 2.05) is 66.8 Å². The molecule has 0 aliphatic rings. The van der Waals surface area contributed by atoms with Crippen molar-refractivity contribution in [3.63, 3.8) is 0 Å². The third-order valence-corrected chi connectivity index (χ3v) is 16.8. The summed E-state index contributed by atoms with van der Waals surface area (Å²) in [7, 11) is -10.1. The van der Waals surface area contributed by atoms with Crippen molar-refractivity contribution in [3.05, 3.63) is 279 Å². The Balaban J connectivity index is 5.69. The molecule has 0 saturated heterocycles. The van der Waals surface area contributed by atoms with Crippen LogP contribution in [0.15, 0.2) is 279 Å². The van der Waals surface area contributed by atoms with E-state index in [1.165, 1.54) is 0 Å². The maximum Gasteiger partial charge on any atom is 0.472 e. The van der Waals surface area contributed by atoms with Gasteiger partial charge in [-0.15, -0.1) is 0 Å². The van der Waals surface area contributed by atoms with Crippen LogP contribution in [-0.2, 0) is 65.4 Å². The quantitative estimate of drug-likeness (QED) is 0.0222. The molecule has 0 radical (unpaired) electrons. The largest absolute Gasteiger partial charge is 0.472 e. The highest BCUT2D eigenvalue weighted by atomic mass is 31.2. The van der Waals surface area contributed by atoms with Crippen LogP contribution in [0.1, 0.15) is 220 Å². The van der Waals surface area contributed by atoms with Crippen molar-refractivity contribution >= 4 is 39.5 Å². The molecule has 5 atom stereocenters. The highest BCUT2D eigenvalue weighted by Crippen LogP contribution is 2.45. The highest BCUT2D eigenvalue weighted by Gasteiger charge is 2.30. The number of phosphoric acid groups is 2. The number of esters is 4. The van der Waals surface area contributed by atoms with Crippen LogP contribution in [0.25, 0.3) is 0 Å². The molecule has 0 aliphatic heterocycles. The van der Waals surface area contributed by atoms with Gasteiger partial charge >= 0.3 is 39.5 Å². The summed E-state index contributed by atoms with van der Waals surface area (Å²) in [4.78, 5) is 73.0. The molecule has 0 bridgehead atoms. The van der Waals surface area contributed by atoms with Crippen LogP contribution in [0.5, 0.6) is 0 Å². The summed E-state index contributed by atoms with van der Waals surface area (Å²) in [6, 6.07) is 0. The second kappa shape index (κ2) is 81.1. The van der Waals surface area contributed by atoms with E-state index in [9.17, 15) is 43.2 Å². The number of aliphatic hydroxyl groups excluding tert-OH is 1. The molecule has 0 saturated carbocycles. The second-order valence-corrected chi connectivity index (χ2v) is 28.0. The zero-order chi connectivity index (χ0) is 81.7. The zero-order valence-electron chi connectivity index (χ0n) is 67.7. The SMILES string of the molecule is CC/C=C\C/C=C\C/C=C\C/C=C\C/C=C\C/C=C\CCC(=O)OCC(COP(=O)(O)OCC(O)COP(=O)(O)OCC(COC(=O)CC/C=C\C/C=C\C/C=C\C/C=C\C/C=C\C/C=C\CC)OC(=O)CC/C=C\C/C=C\C/C=C\C/C=C\C/C=C\C/C=C\CC)OC(=O)C/C=C\C/C=C\C/C=C\C/C=C\C/C=C\CC. The predicted molar refractivity (Wildman–Crippen MR) is 463 cm³/mol. The Morgan fingerprint density at radius 3 is 0.670 bits per heavy atom. The van der Waals surface area contributed by atoms with E-state index >= 15 is 0 Å². The summed E-state index contributed by atoms with van der Waals surface area (Å²) in [5.41, 5.74) is 0. The summed E-state index contributed by atoms with van der Waals surface area (Å²) < 4.78 is 68.2. The molecule has 0 fully saturated rings. The van der Waals surface area contributed by atoms with E-state index in [4.69, 9.17) is 37.0 Å². The Kier molecular flexibility index (Phi) is 75.4. The minimum Gasteiger partial charge on any atom is -0.462 e. The Hall–Kier alpha value is -7.92. The lowest BCUT2D eigenvalue weighted by Gasteiger charge is -2.21. The number of hydrogen-bond acceptors (Lipinski definition) is 15. The third-order valence-electron chi connectivity index (χ3n) is 14.9. The smallest absolute Gasteiger partial charge is 0.462 e. The van der Waals surface area contributed by atoms with Gasteiger partial charge in [0.1, 0.15) is 19.3 Å². The molecular weight excluding hydrogens is 1450 g/mol. The zero-order valence-corrected chi connectivity index (χ0v) is 69.5. The van der Waals surface area contributed by atoms with Crippen LogP contribution >= 0.6 is 15.6 Å². The Bertz CT molecular complexity index is 3240. The normalized spacial score (nSPS) is 15.2. The van der Waals surface area contributed by atoms with Crippen LogP contribution in [0.2, 0.25) is 0 Å². The van der Waals surface area contributed by atoms with Gasteiger partial charge in [0.25, 0.3) is 0 Å². The minimum atomic E-state index is -5.05. The Morgan fingerprint density at radius 1 is 0.250 bits per heavy atom. The molecule has 5 unspecified atom stereocenters. The van der Waals surface area contributed by atoms with Crippen molar-refractivity contribution in [2.75, 3.05) is 39.6 Å². The first kappa shape index (κ1) is 104. The fraction of sp³-hybridized carbons (Fsp3) is 0.462. The molecule has 0 spiro atoms. The fourth-order valence-corrected chi connectivity index (χ4v) is 10.6. The van der Waals surface area contributed by atoms with Crippen molar-refractivity contribution < 1.29 is 80.2 Å².